The lowest BCUT2D eigenvalue weighted by Gasteiger charge is -2.22. The molecular weight excluding hydrogens is 326 g/mol. The molecule has 2 amide bonds. The fourth-order valence-electron chi connectivity index (χ4n) is 3.37. The molecule has 0 saturated carbocycles. The molecule has 1 aromatic carbocycles. The monoisotopic (exact) mass is 351 g/mol. The SMILES string of the molecule is CC(=O)N(CC(=O)NCCC1=CCCCC1)c1cccc2cccnc12. The van der Waals surface area contributed by atoms with Crippen molar-refractivity contribution in [2.45, 2.75) is 39.0 Å². The van der Waals surface area contributed by atoms with Crippen LogP contribution in [0.5, 0.6) is 0 Å². The number of carbonyl (C=O) groups is 2. The summed E-state index contributed by atoms with van der Waals surface area (Å²) in [6, 6.07) is 9.46. The van der Waals surface area contributed by atoms with E-state index in [9.17, 15) is 9.59 Å². The van der Waals surface area contributed by atoms with Gasteiger partial charge in [-0.05, 0) is 44.2 Å². The fourth-order valence-corrected chi connectivity index (χ4v) is 3.37. The molecule has 5 nitrogen and oxygen atoms in total. The van der Waals surface area contributed by atoms with Crippen LogP contribution >= 0.6 is 0 Å². The Bertz CT molecular complexity index is 824. The summed E-state index contributed by atoms with van der Waals surface area (Å²) in [5.41, 5.74) is 2.82. The van der Waals surface area contributed by atoms with Crippen molar-refractivity contribution in [3.63, 3.8) is 0 Å². The molecule has 0 unspecified atom stereocenters. The van der Waals surface area contributed by atoms with Crippen molar-refractivity contribution in [1.82, 2.24) is 10.3 Å². The molecule has 1 N–H and O–H groups in total. The number of anilines is 1. The number of para-hydroxylation sites is 1. The van der Waals surface area contributed by atoms with Gasteiger partial charge in [0.05, 0.1) is 11.2 Å². The zero-order valence-corrected chi connectivity index (χ0v) is 15.2. The predicted octanol–water partition coefficient (Wildman–Crippen LogP) is 3.59. The summed E-state index contributed by atoms with van der Waals surface area (Å²) in [6.07, 6.45) is 9.67. The van der Waals surface area contributed by atoms with E-state index in [4.69, 9.17) is 0 Å². The highest BCUT2D eigenvalue weighted by Crippen LogP contribution is 2.25. The second-order valence-corrected chi connectivity index (χ2v) is 6.67. The van der Waals surface area contributed by atoms with Gasteiger partial charge in [0.2, 0.25) is 11.8 Å². The maximum atomic E-state index is 12.4. The first-order chi connectivity index (χ1) is 12.6. The minimum absolute atomic E-state index is 0.00404. The molecule has 136 valence electrons. The van der Waals surface area contributed by atoms with Crippen molar-refractivity contribution < 1.29 is 9.59 Å². The van der Waals surface area contributed by atoms with Gasteiger partial charge in [-0.3, -0.25) is 14.6 Å². The molecular formula is C21H25N3O2. The average molecular weight is 351 g/mol. The molecule has 0 fully saturated rings. The number of allylic oxidation sites excluding steroid dienone is 1. The number of rotatable bonds is 6. The largest absolute Gasteiger partial charge is 0.354 e. The van der Waals surface area contributed by atoms with E-state index in [-0.39, 0.29) is 18.4 Å². The number of pyridine rings is 1. The van der Waals surface area contributed by atoms with Gasteiger partial charge in [0.15, 0.2) is 0 Å². The van der Waals surface area contributed by atoms with Crippen LogP contribution in [0.3, 0.4) is 0 Å². The highest BCUT2D eigenvalue weighted by atomic mass is 16.2. The van der Waals surface area contributed by atoms with Crippen LogP contribution in [0.15, 0.2) is 48.2 Å². The number of aromatic nitrogens is 1. The van der Waals surface area contributed by atoms with Crippen LogP contribution in [-0.2, 0) is 9.59 Å². The van der Waals surface area contributed by atoms with Crippen molar-refractivity contribution in [2.24, 2.45) is 0 Å². The third-order valence-corrected chi connectivity index (χ3v) is 4.74. The molecule has 5 heteroatoms. The molecule has 1 aromatic heterocycles. The first-order valence-electron chi connectivity index (χ1n) is 9.21. The summed E-state index contributed by atoms with van der Waals surface area (Å²) in [5.74, 6) is -0.321. The standard InChI is InChI=1S/C21H25N3O2/c1-16(25)24(19-11-5-9-18-10-6-13-23-21(18)19)15-20(26)22-14-12-17-7-3-2-4-8-17/h5-7,9-11,13H,2-4,8,12,14-15H2,1H3,(H,22,26). The van der Waals surface area contributed by atoms with Gasteiger partial charge in [-0.15, -0.1) is 0 Å². The first-order valence-corrected chi connectivity index (χ1v) is 9.21. The van der Waals surface area contributed by atoms with Gasteiger partial charge in [0, 0.05) is 25.1 Å². The number of carbonyl (C=O) groups excluding carboxylic acids is 2. The predicted molar refractivity (Wildman–Crippen MR) is 104 cm³/mol. The summed E-state index contributed by atoms with van der Waals surface area (Å²) >= 11 is 0. The molecule has 26 heavy (non-hydrogen) atoms. The van der Waals surface area contributed by atoms with Crippen LogP contribution in [0.1, 0.15) is 39.0 Å². The fraction of sp³-hybridized carbons (Fsp3) is 0.381. The summed E-state index contributed by atoms with van der Waals surface area (Å²) < 4.78 is 0. The highest BCUT2D eigenvalue weighted by Gasteiger charge is 2.18. The third kappa shape index (κ3) is 4.48. The summed E-state index contributed by atoms with van der Waals surface area (Å²) in [7, 11) is 0. The Morgan fingerprint density at radius 1 is 1.19 bits per heavy atom. The van der Waals surface area contributed by atoms with E-state index in [1.807, 2.05) is 30.3 Å². The lowest BCUT2D eigenvalue weighted by atomic mass is 9.97. The van der Waals surface area contributed by atoms with Gasteiger partial charge in [0.1, 0.15) is 6.54 Å². The highest BCUT2D eigenvalue weighted by molar-refractivity contribution is 6.04. The number of hydrogen-bond acceptors (Lipinski definition) is 3. The van der Waals surface area contributed by atoms with Crippen LogP contribution < -0.4 is 10.2 Å². The number of benzene rings is 1. The molecule has 3 rings (SSSR count). The Kier molecular flexibility index (Phi) is 6.00. The van der Waals surface area contributed by atoms with Crippen LogP contribution in [0.25, 0.3) is 10.9 Å². The third-order valence-electron chi connectivity index (χ3n) is 4.74. The van der Waals surface area contributed by atoms with E-state index < -0.39 is 0 Å². The van der Waals surface area contributed by atoms with Gasteiger partial charge >= 0.3 is 0 Å². The van der Waals surface area contributed by atoms with E-state index >= 15 is 0 Å². The van der Waals surface area contributed by atoms with Crippen molar-refractivity contribution in [3.05, 3.63) is 48.2 Å². The Labute approximate surface area is 154 Å². The summed E-state index contributed by atoms with van der Waals surface area (Å²) in [6.45, 7) is 2.09. The van der Waals surface area contributed by atoms with Crippen LogP contribution in [0.4, 0.5) is 5.69 Å². The van der Waals surface area contributed by atoms with Crippen molar-refractivity contribution in [2.75, 3.05) is 18.0 Å². The molecule has 1 heterocycles. The van der Waals surface area contributed by atoms with Crippen molar-refractivity contribution >= 4 is 28.4 Å². The molecule has 0 bridgehead atoms. The number of hydrogen-bond donors (Lipinski definition) is 1. The second kappa shape index (κ2) is 8.61. The quantitative estimate of drug-likeness (QED) is 0.809. The maximum absolute atomic E-state index is 12.4. The molecule has 0 aliphatic heterocycles. The van der Waals surface area contributed by atoms with Crippen molar-refractivity contribution in [1.29, 1.82) is 0 Å². The van der Waals surface area contributed by atoms with Gasteiger partial charge in [-0.1, -0.05) is 29.8 Å². The minimum Gasteiger partial charge on any atom is -0.354 e. The summed E-state index contributed by atoms with van der Waals surface area (Å²) in [5, 5.41) is 3.88. The van der Waals surface area contributed by atoms with Crippen LogP contribution in [0.2, 0.25) is 0 Å². The van der Waals surface area contributed by atoms with Gasteiger partial charge in [0.25, 0.3) is 0 Å². The average Bonchev–Trinajstić information content (AvgIpc) is 2.66. The van der Waals surface area contributed by atoms with Crippen molar-refractivity contribution in [3.8, 4) is 0 Å². The van der Waals surface area contributed by atoms with Crippen LogP contribution in [-0.4, -0.2) is 29.9 Å². The minimum atomic E-state index is -0.173. The Morgan fingerprint density at radius 2 is 2.04 bits per heavy atom. The number of fused-ring (bicyclic) bond motifs is 1. The smallest absolute Gasteiger partial charge is 0.240 e. The zero-order valence-electron chi connectivity index (χ0n) is 15.2. The molecule has 0 saturated heterocycles. The maximum Gasteiger partial charge on any atom is 0.240 e. The van der Waals surface area contributed by atoms with Gasteiger partial charge < -0.3 is 10.2 Å². The van der Waals surface area contributed by atoms with E-state index in [1.165, 1.54) is 30.2 Å². The van der Waals surface area contributed by atoms with E-state index in [1.54, 1.807) is 6.20 Å². The molecule has 2 aromatic rings. The zero-order chi connectivity index (χ0) is 18.4. The lowest BCUT2D eigenvalue weighted by Crippen LogP contribution is -2.40. The molecule has 0 radical (unpaired) electrons. The Hall–Kier alpha value is -2.69. The number of amides is 2. The molecule has 0 atom stereocenters. The summed E-state index contributed by atoms with van der Waals surface area (Å²) in [4.78, 5) is 30.4. The lowest BCUT2D eigenvalue weighted by molar-refractivity contribution is -0.123. The molecule has 0 spiro atoms. The van der Waals surface area contributed by atoms with E-state index in [0.717, 1.165) is 30.2 Å². The van der Waals surface area contributed by atoms with E-state index in [2.05, 4.69) is 16.4 Å². The topological polar surface area (TPSA) is 62.3 Å². The number of nitrogens with zero attached hydrogens (tertiary/aromatic N) is 2. The van der Waals surface area contributed by atoms with E-state index in [0.29, 0.717) is 12.2 Å². The first kappa shape index (κ1) is 18.1. The Morgan fingerprint density at radius 3 is 2.81 bits per heavy atom. The number of nitrogens with one attached hydrogen (secondary N) is 1. The second-order valence-electron chi connectivity index (χ2n) is 6.67. The van der Waals surface area contributed by atoms with Crippen LogP contribution in [0, 0.1) is 0 Å². The molecule has 1 aliphatic carbocycles. The van der Waals surface area contributed by atoms with Gasteiger partial charge in [-0.2, -0.15) is 0 Å². The normalized spacial score (nSPS) is 14.0. The Balaban J connectivity index is 1.65. The van der Waals surface area contributed by atoms with Gasteiger partial charge in [-0.25, -0.2) is 0 Å². The molecule has 1 aliphatic rings.